The normalized spacial score (nSPS) is 17.5. The van der Waals surface area contributed by atoms with E-state index in [2.05, 4.69) is 10.6 Å². The molecule has 1 atom stereocenters. The second-order valence-corrected chi connectivity index (χ2v) is 8.93. The second kappa shape index (κ2) is 9.19. The molecule has 0 saturated carbocycles. The van der Waals surface area contributed by atoms with Crippen molar-refractivity contribution in [3.63, 3.8) is 0 Å². The van der Waals surface area contributed by atoms with Gasteiger partial charge in [0.1, 0.15) is 6.04 Å². The Morgan fingerprint density at radius 3 is 2.55 bits per heavy atom. The Hall–Kier alpha value is -2.71. The quantitative estimate of drug-likeness (QED) is 0.758. The molecule has 1 aliphatic rings. The van der Waals surface area contributed by atoms with Crippen molar-refractivity contribution in [2.75, 3.05) is 11.9 Å². The van der Waals surface area contributed by atoms with Crippen molar-refractivity contribution in [3.8, 4) is 0 Å². The zero-order valence-corrected chi connectivity index (χ0v) is 17.1. The van der Waals surface area contributed by atoms with Crippen molar-refractivity contribution in [1.29, 1.82) is 0 Å². The number of nitrogens with zero attached hydrogens (tertiary/aromatic N) is 1. The molecular weight excluding hydrogens is 390 g/mol. The summed E-state index contributed by atoms with van der Waals surface area (Å²) in [5, 5.41) is 5.55. The van der Waals surface area contributed by atoms with Crippen LogP contribution in [-0.2, 0) is 26.2 Å². The van der Waals surface area contributed by atoms with Gasteiger partial charge in [0.25, 0.3) is 0 Å². The summed E-state index contributed by atoms with van der Waals surface area (Å²) in [6.45, 7) is 2.01. The molecule has 29 heavy (non-hydrogen) atoms. The summed E-state index contributed by atoms with van der Waals surface area (Å²) in [5.74, 6) is -0.482. The molecule has 1 aliphatic heterocycles. The first-order valence-corrected chi connectivity index (χ1v) is 11.0. The van der Waals surface area contributed by atoms with Gasteiger partial charge in [-0.1, -0.05) is 36.8 Å². The van der Waals surface area contributed by atoms with Crippen molar-refractivity contribution in [2.24, 2.45) is 0 Å². The van der Waals surface area contributed by atoms with Gasteiger partial charge in [-0.2, -0.15) is 4.31 Å². The third kappa shape index (κ3) is 5.21. The van der Waals surface area contributed by atoms with E-state index in [1.807, 2.05) is 6.07 Å². The lowest BCUT2D eigenvalue weighted by Gasteiger charge is -2.33. The van der Waals surface area contributed by atoms with E-state index >= 15 is 0 Å². The van der Waals surface area contributed by atoms with Crippen LogP contribution in [0.2, 0.25) is 0 Å². The summed E-state index contributed by atoms with van der Waals surface area (Å²) in [7, 11) is -3.73. The number of rotatable bonds is 6. The first kappa shape index (κ1) is 21.0. The first-order valence-electron chi connectivity index (χ1n) is 9.59. The van der Waals surface area contributed by atoms with Gasteiger partial charge in [-0.3, -0.25) is 9.59 Å². The molecule has 154 valence electrons. The number of nitrogens with one attached hydrogen (secondary N) is 2. The van der Waals surface area contributed by atoms with E-state index in [1.54, 1.807) is 48.5 Å². The molecule has 2 amide bonds. The Balaban J connectivity index is 1.71. The Morgan fingerprint density at radius 1 is 1.07 bits per heavy atom. The third-order valence-corrected chi connectivity index (χ3v) is 6.74. The highest BCUT2D eigenvalue weighted by Gasteiger charge is 2.37. The molecule has 2 aromatic carbocycles. The van der Waals surface area contributed by atoms with Crippen LogP contribution < -0.4 is 10.6 Å². The Labute approximate surface area is 171 Å². The smallest absolute Gasteiger partial charge is 0.243 e. The molecule has 1 heterocycles. The highest BCUT2D eigenvalue weighted by molar-refractivity contribution is 7.89. The molecule has 1 saturated heterocycles. The number of carbonyl (C=O) groups excluding carboxylic acids is 2. The van der Waals surface area contributed by atoms with Gasteiger partial charge in [-0.15, -0.1) is 0 Å². The molecule has 1 unspecified atom stereocenters. The number of amides is 2. The van der Waals surface area contributed by atoms with Crippen molar-refractivity contribution in [2.45, 2.75) is 43.7 Å². The molecule has 0 radical (unpaired) electrons. The lowest BCUT2D eigenvalue weighted by atomic mass is 10.0. The largest absolute Gasteiger partial charge is 0.351 e. The van der Waals surface area contributed by atoms with Gasteiger partial charge in [0.15, 0.2) is 0 Å². The summed E-state index contributed by atoms with van der Waals surface area (Å²) in [6, 6.07) is 14.6. The van der Waals surface area contributed by atoms with E-state index in [4.69, 9.17) is 0 Å². The fraction of sp³-hybridized carbons (Fsp3) is 0.333. The molecule has 8 heteroatoms. The van der Waals surface area contributed by atoms with Gasteiger partial charge in [-0.25, -0.2) is 8.42 Å². The third-order valence-electron chi connectivity index (χ3n) is 4.82. The highest BCUT2D eigenvalue weighted by atomic mass is 32.2. The summed E-state index contributed by atoms with van der Waals surface area (Å²) < 4.78 is 27.4. The van der Waals surface area contributed by atoms with Crippen LogP contribution in [0.25, 0.3) is 0 Å². The summed E-state index contributed by atoms with van der Waals surface area (Å²) in [5.41, 5.74) is 1.47. The van der Waals surface area contributed by atoms with Crippen LogP contribution in [0.4, 0.5) is 5.69 Å². The average Bonchev–Trinajstić information content (AvgIpc) is 2.72. The van der Waals surface area contributed by atoms with Crippen molar-refractivity contribution < 1.29 is 18.0 Å². The van der Waals surface area contributed by atoms with Crippen molar-refractivity contribution in [3.05, 3.63) is 60.2 Å². The molecule has 2 aromatic rings. The molecule has 0 bridgehead atoms. The molecule has 0 spiro atoms. The minimum atomic E-state index is -3.73. The monoisotopic (exact) mass is 415 g/mol. The van der Waals surface area contributed by atoms with Crippen LogP contribution in [0.1, 0.15) is 31.7 Å². The van der Waals surface area contributed by atoms with Gasteiger partial charge in [-0.05, 0) is 42.7 Å². The summed E-state index contributed by atoms with van der Waals surface area (Å²) >= 11 is 0. The van der Waals surface area contributed by atoms with Crippen LogP contribution in [0.3, 0.4) is 0 Å². The number of carbonyl (C=O) groups is 2. The van der Waals surface area contributed by atoms with Crippen LogP contribution in [0.5, 0.6) is 0 Å². The predicted octanol–water partition coefficient (Wildman–Crippen LogP) is 2.50. The minimum Gasteiger partial charge on any atom is -0.351 e. The van der Waals surface area contributed by atoms with Crippen LogP contribution in [-0.4, -0.2) is 37.1 Å². The molecule has 1 fully saturated rings. The standard InChI is InChI=1S/C21H25N3O4S/c1-16(25)23-18-9-7-8-17(14-18)15-22-21(26)20-12-5-6-13-24(20)29(27,28)19-10-3-2-4-11-19/h2-4,7-11,14,20H,5-6,12-13,15H2,1H3,(H,22,26)(H,23,25). The number of anilines is 1. The molecule has 0 aromatic heterocycles. The van der Waals surface area contributed by atoms with Gasteiger partial charge >= 0.3 is 0 Å². The zero-order chi connectivity index (χ0) is 20.9. The van der Waals surface area contributed by atoms with Gasteiger partial charge in [0.05, 0.1) is 4.90 Å². The summed E-state index contributed by atoms with van der Waals surface area (Å²) in [4.78, 5) is 24.2. The van der Waals surface area contributed by atoms with E-state index in [1.165, 1.54) is 11.2 Å². The first-order chi connectivity index (χ1) is 13.9. The van der Waals surface area contributed by atoms with Gasteiger partial charge < -0.3 is 10.6 Å². The number of hydrogen-bond acceptors (Lipinski definition) is 4. The molecule has 7 nitrogen and oxygen atoms in total. The Morgan fingerprint density at radius 2 is 1.83 bits per heavy atom. The van der Waals surface area contributed by atoms with E-state index in [9.17, 15) is 18.0 Å². The Bertz CT molecular complexity index is 976. The van der Waals surface area contributed by atoms with Crippen LogP contribution >= 0.6 is 0 Å². The van der Waals surface area contributed by atoms with E-state index < -0.39 is 16.1 Å². The van der Waals surface area contributed by atoms with Crippen molar-refractivity contribution >= 4 is 27.5 Å². The zero-order valence-electron chi connectivity index (χ0n) is 16.3. The van der Waals surface area contributed by atoms with Gasteiger partial charge in [0, 0.05) is 25.7 Å². The molecule has 0 aliphatic carbocycles. The maximum Gasteiger partial charge on any atom is 0.243 e. The molecular formula is C21H25N3O4S. The number of benzene rings is 2. The number of piperidine rings is 1. The predicted molar refractivity (Wildman–Crippen MR) is 111 cm³/mol. The average molecular weight is 416 g/mol. The van der Waals surface area contributed by atoms with E-state index in [-0.39, 0.29) is 23.3 Å². The maximum absolute atomic E-state index is 13.0. The van der Waals surface area contributed by atoms with Crippen LogP contribution in [0.15, 0.2) is 59.5 Å². The second-order valence-electron chi connectivity index (χ2n) is 7.04. The lowest BCUT2D eigenvalue weighted by molar-refractivity contribution is -0.125. The van der Waals surface area contributed by atoms with Crippen molar-refractivity contribution in [1.82, 2.24) is 9.62 Å². The van der Waals surface area contributed by atoms with E-state index in [0.717, 1.165) is 18.4 Å². The van der Waals surface area contributed by atoms with E-state index in [0.29, 0.717) is 18.7 Å². The SMILES string of the molecule is CC(=O)Nc1cccc(CNC(=O)C2CCCCN2S(=O)(=O)c2ccccc2)c1. The molecule has 2 N–H and O–H groups in total. The van der Waals surface area contributed by atoms with Crippen LogP contribution in [0, 0.1) is 0 Å². The van der Waals surface area contributed by atoms with Gasteiger partial charge in [0.2, 0.25) is 21.8 Å². The Kier molecular flexibility index (Phi) is 6.66. The summed E-state index contributed by atoms with van der Waals surface area (Å²) in [6.07, 6.45) is 2.02. The lowest BCUT2D eigenvalue weighted by Crippen LogP contribution is -2.51. The molecule has 3 rings (SSSR count). The fourth-order valence-electron chi connectivity index (χ4n) is 3.45. The number of sulfonamides is 1. The number of hydrogen-bond donors (Lipinski definition) is 2. The topological polar surface area (TPSA) is 95.6 Å². The fourth-order valence-corrected chi connectivity index (χ4v) is 5.13. The highest BCUT2D eigenvalue weighted by Crippen LogP contribution is 2.25. The minimum absolute atomic E-state index is 0.171. The maximum atomic E-state index is 13.0.